The Balaban J connectivity index is 2.64. The summed E-state index contributed by atoms with van der Waals surface area (Å²) in [7, 11) is 0. The highest BCUT2D eigenvalue weighted by molar-refractivity contribution is 6.31. The van der Waals surface area contributed by atoms with E-state index < -0.39 is 0 Å². The van der Waals surface area contributed by atoms with Crippen LogP contribution in [0.5, 0.6) is 0 Å². The molecule has 0 fully saturated rings. The van der Waals surface area contributed by atoms with E-state index >= 15 is 0 Å². The molecule has 2 nitrogen and oxygen atoms in total. The van der Waals surface area contributed by atoms with Crippen molar-refractivity contribution < 1.29 is 5.11 Å². The number of halogens is 1. The fourth-order valence-corrected chi connectivity index (χ4v) is 1.95. The molecule has 0 radical (unpaired) electrons. The van der Waals surface area contributed by atoms with Crippen LogP contribution in [0.2, 0.25) is 5.15 Å². The molecule has 0 spiro atoms. The van der Waals surface area contributed by atoms with Crippen LogP contribution in [-0.4, -0.2) is 16.7 Å². The van der Waals surface area contributed by atoms with Crippen molar-refractivity contribution in [3.05, 3.63) is 46.1 Å². The third-order valence-corrected chi connectivity index (χ3v) is 2.98. The van der Waals surface area contributed by atoms with Crippen LogP contribution in [0.25, 0.3) is 17.0 Å². The van der Waals surface area contributed by atoms with Gasteiger partial charge in [0.2, 0.25) is 0 Å². The molecule has 0 bridgehead atoms. The fourth-order valence-electron chi connectivity index (χ4n) is 1.75. The van der Waals surface area contributed by atoms with Crippen LogP contribution in [0.1, 0.15) is 18.1 Å². The summed E-state index contributed by atoms with van der Waals surface area (Å²) in [6.07, 6.45) is 1.86. The zero-order valence-electron chi connectivity index (χ0n) is 9.87. The summed E-state index contributed by atoms with van der Waals surface area (Å²) in [5.41, 5.74) is 3.74. The second-order valence-corrected chi connectivity index (χ2v) is 4.52. The minimum Gasteiger partial charge on any atom is -0.392 e. The summed E-state index contributed by atoms with van der Waals surface area (Å²) in [6, 6.07) is 8.02. The minimum atomic E-state index is 0.0299. The molecular formula is C14H14ClNO. The molecule has 1 N–H and O–H groups in total. The number of aliphatic hydroxyl groups is 1. The number of benzene rings is 1. The maximum atomic E-state index is 9.01. The quantitative estimate of drug-likeness (QED) is 0.823. The molecule has 1 aromatic heterocycles. The van der Waals surface area contributed by atoms with Crippen LogP contribution in [0.3, 0.4) is 0 Å². The minimum absolute atomic E-state index is 0.0299. The molecule has 0 aliphatic carbocycles. The second-order valence-electron chi connectivity index (χ2n) is 4.16. The van der Waals surface area contributed by atoms with Crippen molar-refractivity contribution >= 4 is 28.6 Å². The van der Waals surface area contributed by atoms with Crippen LogP contribution >= 0.6 is 11.6 Å². The molecule has 0 aliphatic heterocycles. The van der Waals surface area contributed by atoms with E-state index in [1.54, 1.807) is 0 Å². The summed E-state index contributed by atoms with van der Waals surface area (Å²) in [6.45, 7) is 3.90. The smallest absolute Gasteiger partial charge is 0.137 e. The number of pyridine rings is 1. The van der Waals surface area contributed by atoms with Crippen molar-refractivity contribution in [1.29, 1.82) is 0 Å². The van der Waals surface area contributed by atoms with E-state index in [1.165, 1.54) is 0 Å². The highest BCUT2D eigenvalue weighted by Crippen LogP contribution is 2.24. The summed E-state index contributed by atoms with van der Waals surface area (Å²) in [5, 5.41) is 10.5. The molecular weight excluding hydrogens is 234 g/mol. The van der Waals surface area contributed by atoms with Crippen LogP contribution in [0.4, 0.5) is 0 Å². The lowest BCUT2D eigenvalue weighted by molar-refractivity contribution is 0.332. The Kier molecular flexibility index (Phi) is 3.46. The van der Waals surface area contributed by atoms with Gasteiger partial charge in [-0.1, -0.05) is 35.9 Å². The third-order valence-electron chi connectivity index (χ3n) is 2.68. The van der Waals surface area contributed by atoms with Crippen molar-refractivity contribution in [2.24, 2.45) is 0 Å². The number of nitrogens with zero attached hydrogens (tertiary/aromatic N) is 1. The van der Waals surface area contributed by atoms with Crippen molar-refractivity contribution in [3.8, 4) is 0 Å². The standard InChI is InChI=1S/C14H14ClNO/c1-9(8-17)6-12-7-11-5-3-4-10(2)13(11)16-14(12)15/h3-7,17H,8H2,1-2H3. The van der Waals surface area contributed by atoms with E-state index in [2.05, 4.69) is 4.98 Å². The zero-order valence-corrected chi connectivity index (χ0v) is 10.6. The molecule has 2 aromatic rings. The molecule has 3 heteroatoms. The van der Waals surface area contributed by atoms with Gasteiger partial charge in [0.15, 0.2) is 0 Å². The molecule has 1 aromatic carbocycles. The van der Waals surface area contributed by atoms with Gasteiger partial charge in [-0.15, -0.1) is 0 Å². The van der Waals surface area contributed by atoms with E-state index in [1.807, 2.05) is 44.2 Å². The SMILES string of the molecule is CC(=Cc1cc2cccc(C)c2nc1Cl)CO. The molecule has 1 heterocycles. The van der Waals surface area contributed by atoms with Gasteiger partial charge >= 0.3 is 0 Å². The molecule has 0 amide bonds. The summed E-state index contributed by atoms with van der Waals surface area (Å²) >= 11 is 6.14. The first-order chi connectivity index (χ1) is 8.11. The number of rotatable bonds is 2. The number of aliphatic hydroxyl groups excluding tert-OH is 1. The average molecular weight is 248 g/mol. The third kappa shape index (κ3) is 2.48. The lowest BCUT2D eigenvalue weighted by Crippen LogP contribution is -1.89. The van der Waals surface area contributed by atoms with Gasteiger partial charge in [-0.3, -0.25) is 0 Å². The number of fused-ring (bicyclic) bond motifs is 1. The van der Waals surface area contributed by atoms with Gasteiger partial charge in [-0.2, -0.15) is 0 Å². The monoisotopic (exact) mass is 247 g/mol. The Morgan fingerprint density at radius 1 is 1.47 bits per heavy atom. The van der Waals surface area contributed by atoms with E-state index in [-0.39, 0.29) is 6.61 Å². The summed E-state index contributed by atoms with van der Waals surface area (Å²) in [5.74, 6) is 0. The number of para-hydroxylation sites is 1. The highest BCUT2D eigenvalue weighted by Gasteiger charge is 2.04. The molecule has 88 valence electrons. The van der Waals surface area contributed by atoms with Gasteiger partial charge in [0.1, 0.15) is 5.15 Å². The van der Waals surface area contributed by atoms with E-state index in [0.29, 0.717) is 5.15 Å². The first kappa shape index (κ1) is 12.1. The molecule has 0 saturated heterocycles. The van der Waals surface area contributed by atoms with Crippen molar-refractivity contribution in [1.82, 2.24) is 4.98 Å². The molecule has 0 unspecified atom stereocenters. The van der Waals surface area contributed by atoms with E-state index in [4.69, 9.17) is 16.7 Å². The van der Waals surface area contributed by atoms with Crippen molar-refractivity contribution in [2.45, 2.75) is 13.8 Å². The van der Waals surface area contributed by atoms with Gasteiger partial charge in [-0.05, 0) is 31.1 Å². The first-order valence-electron chi connectivity index (χ1n) is 5.45. The molecule has 0 saturated carbocycles. The summed E-state index contributed by atoms with van der Waals surface area (Å²) < 4.78 is 0. The number of aryl methyl sites for hydroxylation is 1. The van der Waals surface area contributed by atoms with E-state index in [0.717, 1.165) is 27.6 Å². The number of hydrogen-bond donors (Lipinski definition) is 1. The van der Waals surface area contributed by atoms with Crippen LogP contribution in [-0.2, 0) is 0 Å². The van der Waals surface area contributed by atoms with Gasteiger partial charge in [0.25, 0.3) is 0 Å². The highest BCUT2D eigenvalue weighted by atomic mass is 35.5. The second kappa shape index (κ2) is 4.86. The Bertz CT molecular complexity index is 590. The first-order valence-corrected chi connectivity index (χ1v) is 5.83. The Morgan fingerprint density at radius 2 is 2.24 bits per heavy atom. The topological polar surface area (TPSA) is 33.1 Å². The zero-order chi connectivity index (χ0) is 12.4. The molecule has 2 rings (SSSR count). The number of aromatic nitrogens is 1. The van der Waals surface area contributed by atoms with E-state index in [9.17, 15) is 0 Å². The Labute approximate surface area is 106 Å². The van der Waals surface area contributed by atoms with Crippen molar-refractivity contribution in [2.75, 3.05) is 6.61 Å². The summed E-state index contributed by atoms with van der Waals surface area (Å²) in [4.78, 5) is 4.40. The lowest BCUT2D eigenvalue weighted by atomic mass is 10.1. The predicted molar refractivity (Wildman–Crippen MR) is 72.2 cm³/mol. The lowest BCUT2D eigenvalue weighted by Gasteiger charge is -2.05. The van der Waals surface area contributed by atoms with Gasteiger partial charge in [0, 0.05) is 10.9 Å². The van der Waals surface area contributed by atoms with Crippen LogP contribution in [0.15, 0.2) is 29.8 Å². The van der Waals surface area contributed by atoms with Gasteiger partial charge in [-0.25, -0.2) is 4.98 Å². The maximum absolute atomic E-state index is 9.01. The molecule has 0 aliphatic rings. The van der Waals surface area contributed by atoms with Gasteiger partial charge in [0.05, 0.1) is 12.1 Å². The normalized spacial score (nSPS) is 12.1. The van der Waals surface area contributed by atoms with Gasteiger partial charge < -0.3 is 5.11 Å². The predicted octanol–water partition coefficient (Wildman–Crippen LogP) is 3.59. The molecule has 0 atom stereocenters. The maximum Gasteiger partial charge on any atom is 0.137 e. The largest absolute Gasteiger partial charge is 0.392 e. The van der Waals surface area contributed by atoms with Crippen molar-refractivity contribution in [3.63, 3.8) is 0 Å². The van der Waals surface area contributed by atoms with Crippen LogP contribution < -0.4 is 0 Å². The number of hydrogen-bond acceptors (Lipinski definition) is 2. The average Bonchev–Trinajstić information content (AvgIpc) is 2.31. The van der Waals surface area contributed by atoms with Crippen LogP contribution in [0, 0.1) is 6.92 Å². The Morgan fingerprint density at radius 3 is 2.94 bits per heavy atom. The Hall–Kier alpha value is -1.38. The molecule has 17 heavy (non-hydrogen) atoms. The fraction of sp³-hybridized carbons (Fsp3) is 0.214.